The molecule has 0 bridgehead atoms. The maximum atomic E-state index is 12.0. The Morgan fingerprint density at radius 2 is 1.71 bits per heavy atom. The SMILES string of the molecule is Cc1ccc(-n2c(C)cc(/C=N/NC(=O)CC(=O)NCc3ccccc3)c2C)c(C)c1. The van der Waals surface area contributed by atoms with Crippen LogP contribution in [-0.2, 0) is 16.1 Å². The third kappa shape index (κ3) is 5.69. The molecule has 3 aromatic rings. The molecule has 0 radical (unpaired) electrons. The Bertz CT molecular complexity index is 1110. The van der Waals surface area contributed by atoms with Gasteiger partial charge in [0.1, 0.15) is 6.42 Å². The lowest BCUT2D eigenvalue weighted by atomic mass is 10.1. The molecule has 3 rings (SSSR count). The van der Waals surface area contributed by atoms with E-state index in [1.807, 2.05) is 50.2 Å². The smallest absolute Gasteiger partial charge is 0.249 e. The van der Waals surface area contributed by atoms with Gasteiger partial charge in [-0.1, -0.05) is 48.0 Å². The number of nitrogens with one attached hydrogen (secondary N) is 2. The Morgan fingerprint density at radius 1 is 0.968 bits per heavy atom. The molecule has 0 saturated heterocycles. The maximum absolute atomic E-state index is 12.0. The number of carbonyl (C=O) groups excluding carboxylic acids is 2. The normalized spacial score (nSPS) is 11.0. The van der Waals surface area contributed by atoms with Crippen molar-refractivity contribution in [2.75, 3.05) is 0 Å². The molecule has 160 valence electrons. The van der Waals surface area contributed by atoms with E-state index >= 15 is 0 Å². The number of amides is 2. The molecule has 6 heteroatoms. The van der Waals surface area contributed by atoms with Crippen molar-refractivity contribution in [2.24, 2.45) is 5.10 Å². The average Bonchev–Trinajstić information content (AvgIpc) is 3.01. The van der Waals surface area contributed by atoms with E-state index in [0.29, 0.717) is 6.54 Å². The number of nitrogens with zero attached hydrogens (tertiary/aromatic N) is 2. The van der Waals surface area contributed by atoms with Crippen LogP contribution in [0.25, 0.3) is 5.69 Å². The summed E-state index contributed by atoms with van der Waals surface area (Å²) in [6.07, 6.45) is 1.34. The summed E-state index contributed by atoms with van der Waals surface area (Å²) in [6.45, 7) is 8.62. The molecule has 6 nitrogen and oxygen atoms in total. The Hall–Kier alpha value is -3.67. The van der Waals surface area contributed by atoms with Gasteiger partial charge in [0.25, 0.3) is 0 Å². The van der Waals surface area contributed by atoms with Crippen LogP contribution in [-0.4, -0.2) is 22.6 Å². The number of benzene rings is 2. The highest BCUT2D eigenvalue weighted by Gasteiger charge is 2.12. The summed E-state index contributed by atoms with van der Waals surface area (Å²) in [5.74, 6) is -0.797. The van der Waals surface area contributed by atoms with Crippen molar-refractivity contribution in [3.8, 4) is 5.69 Å². The van der Waals surface area contributed by atoms with E-state index in [4.69, 9.17) is 0 Å². The minimum absolute atomic E-state index is 0.272. The molecule has 31 heavy (non-hydrogen) atoms. The highest BCUT2D eigenvalue weighted by atomic mass is 16.2. The molecule has 1 heterocycles. The van der Waals surface area contributed by atoms with Gasteiger partial charge < -0.3 is 9.88 Å². The molecular formula is C25H28N4O2. The number of hydrogen-bond donors (Lipinski definition) is 2. The first-order valence-corrected chi connectivity index (χ1v) is 10.2. The second kappa shape index (κ2) is 9.89. The van der Waals surface area contributed by atoms with E-state index in [0.717, 1.165) is 28.2 Å². The summed E-state index contributed by atoms with van der Waals surface area (Å²) in [5.41, 5.74) is 9.98. The fourth-order valence-corrected chi connectivity index (χ4v) is 3.56. The van der Waals surface area contributed by atoms with E-state index in [-0.39, 0.29) is 12.3 Å². The quantitative estimate of drug-likeness (QED) is 0.349. The van der Waals surface area contributed by atoms with Gasteiger partial charge in [-0.05, 0) is 51.0 Å². The molecule has 0 aliphatic carbocycles. The second-order valence-electron chi connectivity index (χ2n) is 7.68. The van der Waals surface area contributed by atoms with Crippen LogP contribution in [0.4, 0.5) is 0 Å². The van der Waals surface area contributed by atoms with E-state index in [9.17, 15) is 9.59 Å². The minimum Gasteiger partial charge on any atom is -0.352 e. The van der Waals surface area contributed by atoms with Gasteiger partial charge in [-0.25, -0.2) is 5.43 Å². The molecule has 0 spiro atoms. The number of hydrazone groups is 1. The maximum Gasteiger partial charge on any atom is 0.249 e. The summed E-state index contributed by atoms with van der Waals surface area (Å²) in [6, 6.07) is 17.9. The first-order valence-electron chi connectivity index (χ1n) is 10.2. The monoisotopic (exact) mass is 416 g/mol. The van der Waals surface area contributed by atoms with E-state index in [1.54, 1.807) is 6.21 Å². The molecular weight excluding hydrogens is 388 g/mol. The Kier molecular flexibility index (Phi) is 7.03. The molecule has 0 aliphatic heterocycles. The lowest BCUT2D eigenvalue weighted by Crippen LogP contribution is -2.29. The lowest BCUT2D eigenvalue weighted by Gasteiger charge is -2.13. The van der Waals surface area contributed by atoms with Gasteiger partial charge in [0.2, 0.25) is 11.8 Å². The van der Waals surface area contributed by atoms with E-state index in [1.165, 1.54) is 11.1 Å². The van der Waals surface area contributed by atoms with Gasteiger partial charge in [-0.15, -0.1) is 0 Å². The number of aryl methyl sites for hydroxylation is 3. The van der Waals surface area contributed by atoms with Crippen molar-refractivity contribution in [1.82, 2.24) is 15.3 Å². The molecule has 0 unspecified atom stereocenters. The fraction of sp³-hybridized carbons (Fsp3) is 0.240. The summed E-state index contributed by atoms with van der Waals surface area (Å²) in [4.78, 5) is 24.0. The topological polar surface area (TPSA) is 75.5 Å². The van der Waals surface area contributed by atoms with Gasteiger partial charge in [0, 0.05) is 29.2 Å². The van der Waals surface area contributed by atoms with Gasteiger partial charge in [-0.2, -0.15) is 5.10 Å². The Morgan fingerprint density at radius 3 is 2.42 bits per heavy atom. The summed E-state index contributed by atoms with van der Waals surface area (Å²) < 4.78 is 2.18. The lowest BCUT2D eigenvalue weighted by molar-refractivity contribution is -0.129. The standard InChI is InChI=1S/C25H28N4O2/c1-17-10-11-23(18(2)12-17)29-19(3)13-22(20(29)4)16-27-28-25(31)14-24(30)26-15-21-8-6-5-7-9-21/h5-13,16H,14-15H2,1-4H3,(H,26,30)(H,28,31)/b27-16+. The van der Waals surface area contributed by atoms with Crippen LogP contribution in [0.5, 0.6) is 0 Å². The molecule has 2 amide bonds. The summed E-state index contributed by atoms with van der Waals surface area (Å²) >= 11 is 0. The van der Waals surface area contributed by atoms with Crippen molar-refractivity contribution >= 4 is 18.0 Å². The Balaban J connectivity index is 1.58. The van der Waals surface area contributed by atoms with Crippen molar-refractivity contribution in [3.05, 3.63) is 88.2 Å². The third-order valence-corrected chi connectivity index (χ3v) is 5.11. The van der Waals surface area contributed by atoms with Crippen molar-refractivity contribution < 1.29 is 9.59 Å². The van der Waals surface area contributed by atoms with Crippen molar-refractivity contribution in [3.63, 3.8) is 0 Å². The van der Waals surface area contributed by atoms with Crippen LogP contribution in [0, 0.1) is 27.7 Å². The molecule has 0 atom stereocenters. The zero-order valence-corrected chi connectivity index (χ0v) is 18.4. The van der Waals surface area contributed by atoms with Crippen LogP contribution in [0.2, 0.25) is 0 Å². The van der Waals surface area contributed by atoms with Gasteiger partial charge in [0.15, 0.2) is 0 Å². The van der Waals surface area contributed by atoms with Crippen LogP contribution < -0.4 is 10.7 Å². The predicted molar refractivity (Wildman–Crippen MR) is 123 cm³/mol. The molecule has 1 aromatic heterocycles. The molecule has 0 fully saturated rings. The zero-order valence-electron chi connectivity index (χ0n) is 18.4. The molecule has 0 aliphatic rings. The molecule has 2 N–H and O–H groups in total. The van der Waals surface area contributed by atoms with Crippen LogP contribution in [0.15, 0.2) is 59.7 Å². The molecule has 0 saturated carbocycles. The van der Waals surface area contributed by atoms with E-state index < -0.39 is 5.91 Å². The van der Waals surface area contributed by atoms with Crippen LogP contribution in [0.3, 0.4) is 0 Å². The summed E-state index contributed by atoms with van der Waals surface area (Å²) in [5, 5.41) is 6.77. The zero-order chi connectivity index (χ0) is 22.4. The third-order valence-electron chi connectivity index (χ3n) is 5.11. The average molecular weight is 417 g/mol. The second-order valence-corrected chi connectivity index (χ2v) is 7.68. The summed E-state index contributed by atoms with van der Waals surface area (Å²) in [7, 11) is 0. The minimum atomic E-state index is -0.454. The highest BCUT2D eigenvalue weighted by molar-refractivity contribution is 5.97. The molecule has 2 aromatic carbocycles. The van der Waals surface area contributed by atoms with Gasteiger partial charge >= 0.3 is 0 Å². The number of rotatable bonds is 7. The van der Waals surface area contributed by atoms with Gasteiger partial charge in [-0.3, -0.25) is 9.59 Å². The van der Waals surface area contributed by atoms with Crippen LogP contribution in [0.1, 0.15) is 40.1 Å². The fourth-order valence-electron chi connectivity index (χ4n) is 3.56. The first kappa shape index (κ1) is 22.0. The number of hydrogen-bond acceptors (Lipinski definition) is 3. The van der Waals surface area contributed by atoms with Gasteiger partial charge in [0.05, 0.1) is 6.21 Å². The number of aromatic nitrogens is 1. The van der Waals surface area contributed by atoms with E-state index in [2.05, 4.69) is 52.5 Å². The van der Waals surface area contributed by atoms with Crippen molar-refractivity contribution in [2.45, 2.75) is 40.7 Å². The first-order chi connectivity index (χ1) is 14.8. The number of carbonyl (C=O) groups is 2. The largest absolute Gasteiger partial charge is 0.352 e. The Labute approximate surface area is 183 Å². The van der Waals surface area contributed by atoms with Crippen LogP contribution >= 0.6 is 0 Å². The highest BCUT2D eigenvalue weighted by Crippen LogP contribution is 2.23. The van der Waals surface area contributed by atoms with Crippen molar-refractivity contribution in [1.29, 1.82) is 0 Å². The predicted octanol–water partition coefficient (Wildman–Crippen LogP) is 3.87.